The fourth-order valence-electron chi connectivity index (χ4n) is 3.51. The Bertz CT molecular complexity index is 1350. The molecule has 1 aliphatic rings. The van der Waals surface area contributed by atoms with E-state index in [0.717, 1.165) is 27.8 Å². The van der Waals surface area contributed by atoms with E-state index in [2.05, 4.69) is 0 Å². The van der Waals surface area contributed by atoms with E-state index in [9.17, 15) is 19.7 Å². The summed E-state index contributed by atoms with van der Waals surface area (Å²) in [6.45, 7) is 4.18. The molecule has 2 heterocycles. The number of methoxy groups -OCH3 is 1. The van der Waals surface area contributed by atoms with E-state index in [0.29, 0.717) is 28.6 Å². The molecular weight excluding hydrogens is 472 g/mol. The molecular formula is C25H22N2O7S. The van der Waals surface area contributed by atoms with Gasteiger partial charge in [0.25, 0.3) is 16.8 Å². The van der Waals surface area contributed by atoms with Crippen molar-refractivity contribution in [3.63, 3.8) is 0 Å². The number of amides is 2. The smallest absolute Gasteiger partial charge is 0.293 e. The van der Waals surface area contributed by atoms with Crippen LogP contribution in [0.5, 0.6) is 11.5 Å². The third-order valence-corrected chi connectivity index (χ3v) is 6.26. The normalized spacial score (nSPS) is 14.6. The molecule has 4 rings (SSSR count). The lowest BCUT2D eigenvalue weighted by Gasteiger charge is -2.14. The number of rotatable bonds is 8. The molecule has 0 unspecified atom stereocenters. The maximum Gasteiger partial charge on any atom is 0.293 e. The average molecular weight is 495 g/mol. The Hall–Kier alpha value is -4.05. The largest absolute Gasteiger partial charge is 0.496 e. The second-order valence-electron chi connectivity index (χ2n) is 7.79. The van der Waals surface area contributed by atoms with Crippen molar-refractivity contribution in [1.29, 1.82) is 0 Å². The summed E-state index contributed by atoms with van der Waals surface area (Å²) >= 11 is 0.817. The third kappa shape index (κ3) is 5.22. The molecule has 1 aliphatic heterocycles. The minimum Gasteiger partial charge on any atom is -0.496 e. The lowest BCUT2D eigenvalue weighted by molar-refractivity contribution is -0.384. The van der Waals surface area contributed by atoms with E-state index in [1.165, 1.54) is 31.4 Å². The molecule has 0 atom stereocenters. The zero-order valence-corrected chi connectivity index (χ0v) is 20.1. The Labute approximate surface area is 205 Å². The molecule has 0 saturated carbocycles. The monoisotopic (exact) mass is 494 g/mol. The molecule has 2 amide bonds. The highest BCUT2D eigenvalue weighted by atomic mass is 32.2. The van der Waals surface area contributed by atoms with Gasteiger partial charge in [-0.2, -0.15) is 0 Å². The van der Waals surface area contributed by atoms with Gasteiger partial charge in [-0.1, -0.05) is 12.1 Å². The number of aryl methyl sites for hydroxylation is 2. The van der Waals surface area contributed by atoms with Crippen LogP contribution in [0.25, 0.3) is 17.4 Å². The summed E-state index contributed by atoms with van der Waals surface area (Å²) in [5.74, 6) is 1.34. The van der Waals surface area contributed by atoms with Crippen molar-refractivity contribution in [3.8, 4) is 22.8 Å². The van der Waals surface area contributed by atoms with Crippen molar-refractivity contribution in [2.24, 2.45) is 0 Å². The van der Waals surface area contributed by atoms with Gasteiger partial charge in [-0.15, -0.1) is 0 Å². The highest BCUT2D eigenvalue weighted by Crippen LogP contribution is 2.36. The van der Waals surface area contributed by atoms with Crippen LogP contribution in [-0.2, 0) is 4.79 Å². The van der Waals surface area contributed by atoms with Gasteiger partial charge < -0.3 is 13.9 Å². The summed E-state index contributed by atoms with van der Waals surface area (Å²) in [4.78, 5) is 37.2. The van der Waals surface area contributed by atoms with E-state index in [1.807, 2.05) is 32.0 Å². The van der Waals surface area contributed by atoms with Crippen molar-refractivity contribution >= 4 is 34.7 Å². The number of nitro groups is 1. The van der Waals surface area contributed by atoms with Crippen LogP contribution in [0.4, 0.5) is 10.5 Å². The number of hydrogen-bond acceptors (Lipinski definition) is 8. The first-order chi connectivity index (χ1) is 16.8. The molecule has 0 bridgehead atoms. The minimum absolute atomic E-state index is 0.108. The van der Waals surface area contributed by atoms with Crippen molar-refractivity contribution in [2.75, 3.05) is 20.3 Å². The number of hydrogen-bond donors (Lipinski definition) is 0. The van der Waals surface area contributed by atoms with E-state index >= 15 is 0 Å². The van der Waals surface area contributed by atoms with Gasteiger partial charge in [-0.25, -0.2) is 0 Å². The predicted octanol–water partition coefficient (Wildman–Crippen LogP) is 5.60. The Kier molecular flexibility index (Phi) is 6.92. The molecule has 1 fully saturated rings. The van der Waals surface area contributed by atoms with E-state index in [1.54, 1.807) is 12.1 Å². The molecule has 35 heavy (non-hydrogen) atoms. The van der Waals surface area contributed by atoms with Crippen molar-refractivity contribution in [1.82, 2.24) is 4.90 Å². The minimum atomic E-state index is -0.507. The standard InChI is InChI=1S/C25H22N2O7S/c1-15-4-5-16(2)22(12-15)33-11-10-26-24(28)23(35-25(26)29)14-18-7-9-21(34-18)19-13-17(27(30)31)6-8-20(19)32-3/h4-9,12-14H,10-11H2,1-3H3/b23-14-. The maximum atomic E-state index is 12.8. The Balaban J connectivity index is 1.47. The van der Waals surface area contributed by atoms with Crippen LogP contribution in [0.15, 0.2) is 57.9 Å². The molecule has 3 aromatic rings. The van der Waals surface area contributed by atoms with Crippen LogP contribution < -0.4 is 9.47 Å². The van der Waals surface area contributed by atoms with Gasteiger partial charge in [-0.3, -0.25) is 24.6 Å². The topological polar surface area (TPSA) is 112 Å². The first-order valence-electron chi connectivity index (χ1n) is 10.6. The summed E-state index contributed by atoms with van der Waals surface area (Å²) in [5, 5.41) is 10.8. The number of non-ortho nitro benzene ring substituents is 1. The summed E-state index contributed by atoms with van der Waals surface area (Å²) in [7, 11) is 1.45. The van der Waals surface area contributed by atoms with Crippen LogP contribution >= 0.6 is 11.8 Å². The number of benzene rings is 2. The molecule has 1 aromatic heterocycles. The van der Waals surface area contributed by atoms with Gasteiger partial charge in [0.15, 0.2) is 0 Å². The summed E-state index contributed by atoms with van der Waals surface area (Å²) < 4.78 is 16.9. The Morgan fingerprint density at radius 2 is 1.89 bits per heavy atom. The van der Waals surface area contributed by atoms with Gasteiger partial charge >= 0.3 is 0 Å². The van der Waals surface area contributed by atoms with Crippen molar-refractivity contribution < 1.29 is 28.4 Å². The highest BCUT2D eigenvalue weighted by molar-refractivity contribution is 8.18. The van der Waals surface area contributed by atoms with Crippen LogP contribution in [0.2, 0.25) is 0 Å². The number of thioether (sulfide) groups is 1. The second-order valence-corrected chi connectivity index (χ2v) is 8.79. The van der Waals surface area contributed by atoms with E-state index < -0.39 is 16.1 Å². The predicted molar refractivity (Wildman–Crippen MR) is 131 cm³/mol. The Morgan fingerprint density at radius 1 is 1.09 bits per heavy atom. The summed E-state index contributed by atoms with van der Waals surface area (Å²) in [6, 6.07) is 13.3. The zero-order chi connectivity index (χ0) is 25.1. The van der Waals surface area contributed by atoms with E-state index in [-0.39, 0.29) is 23.7 Å². The van der Waals surface area contributed by atoms with Gasteiger partial charge in [0.05, 0.1) is 29.0 Å². The van der Waals surface area contributed by atoms with E-state index in [4.69, 9.17) is 13.9 Å². The number of ether oxygens (including phenoxy) is 2. The van der Waals surface area contributed by atoms with Crippen LogP contribution in [0.1, 0.15) is 16.9 Å². The molecule has 1 saturated heterocycles. The van der Waals surface area contributed by atoms with Crippen LogP contribution in [-0.4, -0.2) is 41.2 Å². The third-order valence-electron chi connectivity index (χ3n) is 5.35. The van der Waals surface area contributed by atoms with Crippen molar-refractivity contribution in [3.05, 3.63) is 80.4 Å². The van der Waals surface area contributed by atoms with Crippen molar-refractivity contribution in [2.45, 2.75) is 13.8 Å². The molecule has 0 spiro atoms. The lowest BCUT2D eigenvalue weighted by atomic mass is 10.1. The first-order valence-corrected chi connectivity index (χ1v) is 11.5. The van der Waals surface area contributed by atoms with Crippen LogP contribution in [0, 0.1) is 24.0 Å². The molecule has 0 aliphatic carbocycles. The number of imide groups is 1. The number of furan rings is 1. The zero-order valence-electron chi connectivity index (χ0n) is 19.3. The molecule has 10 heteroatoms. The van der Waals surface area contributed by atoms with Gasteiger partial charge in [0.1, 0.15) is 29.6 Å². The number of carbonyl (C=O) groups is 2. The maximum absolute atomic E-state index is 12.8. The first kappa shape index (κ1) is 24.1. The number of nitrogens with zero attached hydrogens (tertiary/aromatic N) is 2. The molecule has 0 radical (unpaired) electrons. The molecule has 180 valence electrons. The number of carbonyl (C=O) groups excluding carboxylic acids is 2. The average Bonchev–Trinajstić information content (AvgIpc) is 3.40. The second kappa shape index (κ2) is 10.1. The van der Waals surface area contributed by atoms with Crippen LogP contribution in [0.3, 0.4) is 0 Å². The molecule has 0 N–H and O–H groups in total. The number of nitro benzene ring substituents is 1. The van der Waals surface area contributed by atoms with Gasteiger partial charge in [0, 0.05) is 18.2 Å². The quantitative estimate of drug-likeness (QED) is 0.226. The summed E-state index contributed by atoms with van der Waals surface area (Å²) in [5.41, 5.74) is 2.32. The molecule has 2 aromatic carbocycles. The highest BCUT2D eigenvalue weighted by Gasteiger charge is 2.35. The molecule has 9 nitrogen and oxygen atoms in total. The van der Waals surface area contributed by atoms with Gasteiger partial charge in [0.2, 0.25) is 0 Å². The fourth-order valence-corrected chi connectivity index (χ4v) is 4.35. The lowest BCUT2D eigenvalue weighted by Crippen LogP contribution is -2.32. The SMILES string of the molecule is COc1ccc([N+](=O)[O-])cc1-c1ccc(/C=C2\SC(=O)N(CCOc3cc(C)ccc3C)C2=O)o1. The Morgan fingerprint density at radius 3 is 2.63 bits per heavy atom. The summed E-state index contributed by atoms with van der Waals surface area (Å²) in [6.07, 6.45) is 1.48. The fraction of sp³-hybridized carbons (Fsp3) is 0.200. The van der Waals surface area contributed by atoms with Gasteiger partial charge in [-0.05, 0) is 61.0 Å².